The Balaban J connectivity index is 1.99. The van der Waals surface area contributed by atoms with E-state index in [0.29, 0.717) is 5.92 Å². The number of fused-ring (bicyclic) bond motifs is 2. The molecule has 0 amide bonds. The zero-order valence-electron chi connectivity index (χ0n) is 11.7. The van der Waals surface area contributed by atoms with E-state index in [-0.39, 0.29) is 0 Å². The van der Waals surface area contributed by atoms with Crippen molar-refractivity contribution in [3.63, 3.8) is 0 Å². The second-order valence-corrected chi connectivity index (χ2v) is 6.39. The van der Waals surface area contributed by atoms with E-state index in [0.717, 1.165) is 5.75 Å². The molecule has 0 saturated carbocycles. The molecule has 3 aromatic rings. The van der Waals surface area contributed by atoms with Crippen LogP contribution >= 0.6 is 11.8 Å². The van der Waals surface area contributed by atoms with Crippen molar-refractivity contribution in [3.8, 4) is 0 Å². The molecule has 21 heavy (non-hydrogen) atoms. The van der Waals surface area contributed by atoms with Crippen molar-refractivity contribution < 1.29 is 0 Å². The van der Waals surface area contributed by atoms with Crippen LogP contribution in [0.2, 0.25) is 0 Å². The predicted octanol–water partition coefficient (Wildman–Crippen LogP) is 5.47. The summed E-state index contributed by atoms with van der Waals surface area (Å²) in [5.41, 5.74) is 5.70. The topological polar surface area (TPSA) is 0 Å². The van der Waals surface area contributed by atoms with Gasteiger partial charge in [0.15, 0.2) is 0 Å². The van der Waals surface area contributed by atoms with Crippen molar-refractivity contribution >= 4 is 11.8 Å². The summed E-state index contributed by atoms with van der Waals surface area (Å²) in [6.45, 7) is 0. The number of benzene rings is 3. The van der Waals surface area contributed by atoms with Gasteiger partial charge in [-0.05, 0) is 28.3 Å². The number of hydrogen-bond donors (Lipinski definition) is 0. The maximum Gasteiger partial charge on any atom is 0.0354 e. The largest absolute Gasteiger partial charge is 0.121 e. The monoisotopic (exact) mass is 288 g/mol. The third kappa shape index (κ3) is 2.28. The van der Waals surface area contributed by atoms with E-state index in [1.54, 1.807) is 0 Å². The first-order valence-electron chi connectivity index (χ1n) is 7.28. The molecule has 1 unspecified atom stereocenters. The first kappa shape index (κ1) is 12.7. The minimum atomic E-state index is 0.341. The Morgan fingerprint density at radius 2 is 1.33 bits per heavy atom. The fraction of sp³-hybridized carbons (Fsp3) is 0.100. The summed E-state index contributed by atoms with van der Waals surface area (Å²) in [4.78, 5) is 1.41. The molecule has 0 radical (unpaired) electrons. The zero-order chi connectivity index (χ0) is 14.1. The quantitative estimate of drug-likeness (QED) is 0.572. The summed E-state index contributed by atoms with van der Waals surface area (Å²) in [6.07, 6.45) is 0. The Morgan fingerprint density at radius 1 is 0.667 bits per heavy atom. The van der Waals surface area contributed by atoms with Gasteiger partial charge >= 0.3 is 0 Å². The Bertz CT molecular complexity index is 714. The molecule has 1 heterocycles. The van der Waals surface area contributed by atoms with Gasteiger partial charge in [-0.3, -0.25) is 0 Å². The molecule has 1 heteroatoms. The van der Waals surface area contributed by atoms with Crippen molar-refractivity contribution in [2.75, 3.05) is 0 Å². The van der Waals surface area contributed by atoms with Crippen molar-refractivity contribution in [2.45, 2.75) is 16.6 Å². The lowest BCUT2D eigenvalue weighted by atomic mass is 9.83. The highest BCUT2D eigenvalue weighted by Gasteiger charge is 2.24. The van der Waals surface area contributed by atoms with E-state index in [1.807, 2.05) is 11.8 Å². The Labute approximate surface area is 129 Å². The van der Waals surface area contributed by atoms with Crippen LogP contribution in [-0.2, 0) is 5.75 Å². The lowest BCUT2D eigenvalue weighted by Crippen LogP contribution is -2.05. The minimum absolute atomic E-state index is 0.341. The summed E-state index contributed by atoms with van der Waals surface area (Å²) < 4.78 is 0. The number of hydrogen-bond acceptors (Lipinski definition) is 1. The fourth-order valence-electron chi connectivity index (χ4n) is 3.13. The van der Waals surface area contributed by atoms with Gasteiger partial charge in [0.05, 0.1) is 0 Å². The molecule has 1 aliphatic heterocycles. The van der Waals surface area contributed by atoms with Crippen LogP contribution in [0, 0.1) is 0 Å². The van der Waals surface area contributed by atoms with Gasteiger partial charge in [0.25, 0.3) is 0 Å². The second-order valence-electron chi connectivity index (χ2n) is 5.37. The lowest BCUT2D eigenvalue weighted by molar-refractivity contribution is 0.940. The molecule has 0 N–H and O–H groups in total. The molecule has 0 saturated heterocycles. The van der Waals surface area contributed by atoms with Crippen LogP contribution in [0.1, 0.15) is 28.2 Å². The number of rotatable bonds is 1. The van der Waals surface area contributed by atoms with E-state index in [2.05, 4.69) is 78.9 Å². The molecule has 102 valence electrons. The highest BCUT2D eigenvalue weighted by Crippen LogP contribution is 2.43. The molecule has 1 atom stereocenters. The van der Waals surface area contributed by atoms with E-state index in [4.69, 9.17) is 0 Å². The summed E-state index contributed by atoms with van der Waals surface area (Å²) in [7, 11) is 0. The van der Waals surface area contributed by atoms with Gasteiger partial charge in [-0.1, -0.05) is 72.8 Å². The molecule has 0 fully saturated rings. The van der Waals surface area contributed by atoms with Gasteiger partial charge in [0, 0.05) is 16.6 Å². The molecule has 1 aliphatic rings. The fourth-order valence-corrected chi connectivity index (χ4v) is 4.23. The maximum absolute atomic E-state index is 2.29. The van der Waals surface area contributed by atoms with Crippen LogP contribution in [0.15, 0.2) is 83.8 Å². The minimum Gasteiger partial charge on any atom is -0.121 e. The van der Waals surface area contributed by atoms with Crippen LogP contribution < -0.4 is 0 Å². The normalized spacial score (nSPS) is 16.7. The average Bonchev–Trinajstić information content (AvgIpc) is 2.72. The van der Waals surface area contributed by atoms with Crippen molar-refractivity contribution in [1.82, 2.24) is 0 Å². The molecule has 0 aromatic heterocycles. The third-order valence-electron chi connectivity index (χ3n) is 4.11. The number of thioether (sulfide) groups is 1. The van der Waals surface area contributed by atoms with Crippen LogP contribution in [0.3, 0.4) is 0 Å². The van der Waals surface area contributed by atoms with Crippen molar-refractivity contribution in [3.05, 3.63) is 101 Å². The van der Waals surface area contributed by atoms with E-state index < -0.39 is 0 Å². The van der Waals surface area contributed by atoms with E-state index in [9.17, 15) is 0 Å². The Hall–Kier alpha value is -1.99. The summed E-state index contributed by atoms with van der Waals surface area (Å²) in [5, 5.41) is 0. The van der Waals surface area contributed by atoms with Crippen LogP contribution in [-0.4, -0.2) is 0 Å². The van der Waals surface area contributed by atoms with E-state index in [1.165, 1.54) is 27.1 Å². The SMILES string of the molecule is c1ccc(C2c3ccccc3CSc3ccccc32)cc1. The van der Waals surface area contributed by atoms with Crippen molar-refractivity contribution in [1.29, 1.82) is 0 Å². The Kier molecular flexibility index (Phi) is 3.28. The van der Waals surface area contributed by atoms with Crippen LogP contribution in [0.25, 0.3) is 0 Å². The molecule has 0 aliphatic carbocycles. The summed E-state index contributed by atoms with van der Waals surface area (Å²) in [6, 6.07) is 28.5. The molecule has 4 rings (SSSR count). The highest BCUT2D eigenvalue weighted by molar-refractivity contribution is 7.98. The van der Waals surface area contributed by atoms with Gasteiger partial charge in [0.2, 0.25) is 0 Å². The van der Waals surface area contributed by atoms with Crippen molar-refractivity contribution in [2.24, 2.45) is 0 Å². The lowest BCUT2D eigenvalue weighted by Gasteiger charge is -2.20. The van der Waals surface area contributed by atoms with Gasteiger partial charge in [0.1, 0.15) is 0 Å². The third-order valence-corrected chi connectivity index (χ3v) is 5.25. The van der Waals surface area contributed by atoms with Crippen LogP contribution in [0.5, 0.6) is 0 Å². The first-order chi connectivity index (χ1) is 10.4. The second kappa shape index (κ2) is 5.42. The predicted molar refractivity (Wildman–Crippen MR) is 89.8 cm³/mol. The molecule has 3 aromatic carbocycles. The standard InChI is InChI=1S/C20H16S/c1-2-8-15(9-3-1)20-17-11-5-4-10-16(17)14-21-19-13-7-6-12-18(19)20/h1-13,20H,14H2. The van der Waals surface area contributed by atoms with Gasteiger partial charge in [-0.2, -0.15) is 0 Å². The molecular weight excluding hydrogens is 272 g/mol. The van der Waals surface area contributed by atoms with Gasteiger partial charge in [-0.15, -0.1) is 11.8 Å². The van der Waals surface area contributed by atoms with Gasteiger partial charge in [-0.25, -0.2) is 0 Å². The molecular formula is C20H16S. The molecule has 0 spiro atoms. The maximum atomic E-state index is 2.29. The Morgan fingerprint density at radius 3 is 2.19 bits per heavy atom. The first-order valence-corrected chi connectivity index (χ1v) is 8.26. The van der Waals surface area contributed by atoms with Gasteiger partial charge < -0.3 is 0 Å². The molecule has 0 bridgehead atoms. The smallest absolute Gasteiger partial charge is 0.0354 e. The van der Waals surface area contributed by atoms with Crippen LogP contribution in [0.4, 0.5) is 0 Å². The highest BCUT2D eigenvalue weighted by atomic mass is 32.2. The zero-order valence-corrected chi connectivity index (χ0v) is 12.5. The summed E-state index contributed by atoms with van der Waals surface area (Å²) >= 11 is 1.95. The summed E-state index contributed by atoms with van der Waals surface area (Å²) in [5.74, 6) is 1.39. The van der Waals surface area contributed by atoms with E-state index >= 15 is 0 Å². The molecule has 0 nitrogen and oxygen atoms in total. The average molecular weight is 288 g/mol.